The van der Waals surface area contributed by atoms with Gasteiger partial charge in [0.2, 0.25) is 0 Å². The molecule has 0 heterocycles. The van der Waals surface area contributed by atoms with Crippen molar-refractivity contribution in [1.29, 1.82) is 0 Å². The van der Waals surface area contributed by atoms with Gasteiger partial charge < -0.3 is 10.6 Å². The van der Waals surface area contributed by atoms with E-state index in [9.17, 15) is 13.2 Å². The van der Waals surface area contributed by atoms with Crippen LogP contribution in [0, 0.1) is 11.7 Å². The summed E-state index contributed by atoms with van der Waals surface area (Å²) in [5.74, 6) is -2.68. The van der Waals surface area contributed by atoms with Crippen molar-refractivity contribution in [2.45, 2.75) is 71.3 Å². The highest BCUT2D eigenvalue weighted by Gasteiger charge is 2.28. The first-order valence-electron chi connectivity index (χ1n) is 11.8. The molecule has 33 heavy (non-hydrogen) atoms. The lowest BCUT2D eigenvalue weighted by Gasteiger charge is -2.30. The molecule has 5 heteroatoms. The SMILES string of the molecule is C=C=C(Cc1ccc(F)cc1)NC(CC)C(CCC)CNC(=C)C1=CC=C(C(C)(F)F)CC1. The van der Waals surface area contributed by atoms with Crippen molar-refractivity contribution in [3.8, 4) is 0 Å². The minimum atomic E-state index is -2.77. The Morgan fingerprint density at radius 1 is 1.15 bits per heavy atom. The first kappa shape index (κ1) is 26.6. The maximum Gasteiger partial charge on any atom is 0.266 e. The van der Waals surface area contributed by atoms with Crippen LogP contribution in [0.2, 0.25) is 0 Å². The van der Waals surface area contributed by atoms with Gasteiger partial charge in [0, 0.05) is 31.6 Å². The van der Waals surface area contributed by atoms with E-state index >= 15 is 0 Å². The van der Waals surface area contributed by atoms with Crippen molar-refractivity contribution >= 4 is 0 Å². The zero-order valence-corrected chi connectivity index (χ0v) is 20.1. The summed E-state index contributed by atoms with van der Waals surface area (Å²) in [4.78, 5) is 0. The van der Waals surface area contributed by atoms with Crippen LogP contribution in [0.5, 0.6) is 0 Å². The van der Waals surface area contributed by atoms with E-state index in [1.807, 2.05) is 0 Å². The van der Waals surface area contributed by atoms with Gasteiger partial charge in [0.1, 0.15) is 5.82 Å². The highest BCUT2D eigenvalue weighted by Crippen LogP contribution is 2.32. The molecule has 1 aliphatic carbocycles. The summed E-state index contributed by atoms with van der Waals surface area (Å²) >= 11 is 0. The maximum atomic E-state index is 13.5. The number of halogens is 3. The Balaban J connectivity index is 2.00. The third-order valence-electron chi connectivity index (χ3n) is 6.21. The zero-order valence-electron chi connectivity index (χ0n) is 20.1. The number of alkyl halides is 2. The monoisotopic (exact) mass is 458 g/mol. The smallest absolute Gasteiger partial charge is 0.266 e. The van der Waals surface area contributed by atoms with Gasteiger partial charge in [-0.1, -0.05) is 57.7 Å². The second kappa shape index (κ2) is 12.6. The van der Waals surface area contributed by atoms with Gasteiger partial charge in [-0.15, -0.1) is 5.73 Å². The normalized spacial score (nSPS) is 15.6. The summed E-state index contributed by atoms with van der Waals surface area (Å²) in [5.41, 5.74) is 6.84. The molecule has 2 unspecified atom stereocenters. The molecule has 0 amide bonds. The molecular formula is C28H37F3N2. The van der Waals surface area contributed by atoms with E-state index in [0.717, 1.165) is 55.3 Å². The molecule has 0 aliphatic heterocycles. The molecule has 2 rings (SSSR count). The summed E-state index contributed by atoms with van der Waals surface area (Å²) in [6.45, 7) is 14.0. The fourth-order valence-corrected chi connectivity index (χ4v) is 4.19. The van der Waals surface area contributed by atoms with E-state index in [4.69, 9.17) is 0 Å². The number of hydrogen-bond acceptors (Lipinski definition) is 2. The molecule has 2 N–H and O–H groups in total. The standard InChI is InChI=1S/C28H37F3N2/c1-6-9-23(19-32-20(4)22-12-14-24(15-13-22)28(5,30)31)27(8-3)33-26(7-2)18-21-10-16-25(29)17-11-21/h10-12,14,16-17,23,27,32-33H,2,4,6,8-9,13,15,18-19H2,1,3,5H3. The predicted molar refractivity (Wildman–Crippen MR) is 132 cm³/mol. The molecule has 0 aromatic heterocycles. The van der Waals surface area contributed by atoms with Crippen LogP contribution in [0.25, 0.3) is 0 Å². The molecule has 180 valence electrons. The van der Waals surface area contributed by atoms with E-state index in [1.54, 1.807) is 18.2 Å². The summed E-state index contributed by atoms with van der Waals surface area (Å²) in [6, 6.07) is 6.68. The summed E-state index contributed by atoms with van der Waals surface area (Å²) in [6.07, 6.45) is 7.82. The third kappa shape index (κ3) is 8.33. The van der Waals surface area contributed by atoms with Gasteiger partial charge in [-0.05, 0) is 60.4 Å². The van der Waals surface area contributed by atoms with E-state index < -0.39 is 5.92 Å². The molecule has 0 saturated carbocycles. The van der Waals surface area contributed by atoms with Crippen molar-refractivity contribution < 1.29 is 13.2 Å². The minimum Gasteiger partial charge on any atom is -0.385 e. The van der Waals surface area contributed by atoms with Crippen molar-refractivity contribution in [2.24, 2.45) is 5.92 Å². The van der Waals surface area contributed by atoms with Crippen molar-refractivity contribution in [3.63, 3.8) is 0 Å². The Morgan fingerprint density at radius 2 is 1.85 bits per heavy atom. The molecule has 0 saturated heterocycles. The fourth-order valence-electron chi connectivity index (χ4n) is 4.19. The average Bonchev–Trinajstić information content (AvgIpc) is 2.80. The average molecular weight is 459 g/mol. The Kier molecular flexibility index (Phi) is 10.1. The second-order valence-electron chi connectivity index (χ2n) is 8.80. The summed E-state index contributed by atoms with van der Waals surface area (Å²) < 4.78 is 40.3. The number of benzene rings is 1. The molecule has 1 aliphatic rings. The molecular weight excluding hydrogens is 421 g/mol. The van der Waals surface area contributed by atoms with Crippen LogP contribution in [0.15, 0.2) is 77.8 Å². The number of hydrogen-bond donors (Lipinski definition) is 2. The van der Waals surface area contributed by atoms with E-state index in [0.29, 0.717) is 25.2 Å². The van der Waals surface area contributed by atoms with E-state index in [2.05, 4.69) is 43.4 Å². The third-order valence-corrected chi connectivity index (χ3v) is 6.21. The zero-order chi connectivity index (χ0) is 24.4. The summed E-state index contributed by atoms with van der Waals surface area (Å²) in [5, 5.41) is 7.05. The minimum absolute atomic E-state index is 0.169. The quantitative estimate of drug-likeness (QED) is 0.305. The molecule has 0 fully saturated rings. The molecule has 2 atom stereocenters. The Bertz CT molecular complexity index is 900. The van der Waals surface area contributed by atoms with Crippen molar-refractivity contribution in [3.05, 3.63) is 89.2 Å². The topological polar surface area (TPSA) is 24.1 Å². The number of rotatable bonds is 13. The Labute approximate surface area is 197 Å². The van der Waals surface area contributed by atoms with Crippen LogP contribution < -0.4 is 10.6 Å². The van der Waals surface area contributed by atoms with E-state index in [1.165, 1.54) is 18.2 Å². The fraction of sp³-hybridized carbons (Fsp3) is 0.464. The van der Waals surface area contributed by atoms with Crippen LogP contribution in [-0.4, -0.2) is 18.5 Å². The van der Waals surface area contributed by atoms with Gasteiger partial charge in [-0.25, -0.2) is 13.2 Å². The van der Waals surface area contributed by atoms with Crippen molar-refractivity contribution in [2.75, 3.05) is 6.54 Å². The Hall–Kier alpha value is -2.65. The van der Waals surface area contributed by atoms with Crippen LogP contribution in [0.3, 0.4) is 0 Å². The van der Waals surface area contributed by atoms with Crippen LogP contribution >= 0.6 is 0 Å². The summed E-state index contributed by atoms with van der Waals surface area (Å²) in [7, 11) is 0. The lowest BCUT2D eigenvalue weighted by atomic mass is 9.91. The second-order valence-corrected chi connectivity index (χ2v) is 8.80. The first-order chi connectivity index (χ1) is 15.7. The van der Waals surface area contributed by atoms with Gasteiger partial charge >= 0.3 is 0 Å². The van der Waals surface area contributed by atoms with Crippen molar-refractivity contribution in [1.82, 2.24) is 10.6 Å². The first-order valence-corrected chi connectivity index (χ1v) is 11.8. The van der Waals surface area contributed by atoms with Crippen LogP contribution in [0.4, 0.5) is 13.2 Å². The lowest BCUT2D eigenvalue weighted by Crippen LogP contribution is -2.40. The maximum absolute atomic E-state index is 13.5. The lowest BCUT2D eigenvalue weighted by molar-refractivity contribution is 0.0594. The number of allylic oxidation sites excluding steroid dienone is 5. The van der Waals surface area contributed by atoms with Gasteiger partial charge in [0.25, 0.3) is 5.92 Å². The van der Waals surface area contributed by atoms with E-state index in [-0.39, 0.29) is 17.4 Å². The molecule has 1 aromatic rings. The Morgan fingerprint density at radius 3 is 2.36 bits per heavy atom. The van der Waals surface area contributed by atoms with Gasteiger partial charge in [0.15, 0.2) is 0 Å². The van der Waals surface area contributed by atoms with Gasteiger partial charge in [-0.3, -0.25) is 0 Å². The highest BCUT2D eigenvalue weighted by atomic mass is 19.3. The highest BCUT2D eigenvalue weighted by molar-refractivity contribution is 5.37. The van der Waals surface area contributed by atoms with Crippen LogP contribution in [0.1, 0.15) is 58.4 Å². The molecule has 0 bridgehead atoms. The molecule has 0 radical (unpaired) electrons. The van der Waals surface area contributed by atoms with Gasteiger partial charge in [0.05, 0.1) is 5.70 Å². The van der Waals surface area contributed by atoms with Crippen LogP contribution in [-0.2, 0) is 6.42 Å². The molecule has 0 spiro atoms. The predicted octanol–water partition coefficient (Wildman–Crippen LogP) is 7.23. The molecule has 1 aromatic carbocycles. The number of nitrogens with one attached hydrogen (secondary N) is 2. The largest absolute Gasteiger partial charge is 0.385 e. The van der Waals surface area contributed by atoms with Gasteiger partial charge in [-0.2, -0.15) is 0 Å². The molecule has 2 nitrogen and oxygen atoms in total.